The number of rotatable bonds is 6. The summed E-state index contributed by atoms with van der Waals surface area (Å²) in [5.41, 5.74) is 1.66. The third-order valence-electron chi connectivity index (χ3n) is 3.82. The maximum Gasteiger partial charge on any atom is 0.247 e. The lowest BCUT2D eigenvalue weighted by molar-refractivity contribution is -0.134. The van der Waals surface area contributed by atoms with Crippen LogP contribution in [-0.2, 0) is 11.3 Å². The van der Waals surface area contributed by atoms with Crippen LogP contribution in [0.25, 0.3) is 11.3 Å². The van der Waals surface area contributed by atoms with E-state index in [0.717, 1.165) is 11.3 Å². The fraction of sp³-hybridized carbons (Fsp3) is 0.294. The molecule has 0 aliphatic heterocycles. The summed E-state index contributed by atoms with van der Waals surface area (Å²) in [6, 6.07) is 7.07. The van der Waals surface area contributed by atoms with Crippen molar-refractivity contribution in [2.45, 2.75) is 25.9 Å². The molecule has 3 heterocycles. The standard InChI is InChI=1S/C17H19N5O2/c1-3-16(22-10-4-7-19-22)17(23)21(2)12-14-11-15(20-24-14)13-5-8-18-9-6-13/h4-11,16H,3,12H2,1-2H3/t16-/m0/s1. The molecule has 3 rings (SSSR count). The summed E-state index contributed by atoms with van der Waals surface area (Å²) in [5.74, 6) is 0.621. The largest absolute Gasteiger partial charge is 0.359 e. The van der Waals surface area contributed by atoms with Crippen molar-refractivity contribution in [1.29, 1.82) is 0 Å². The van der Waals surface area contributed by atoms with E-state index in [0.29, 0.717) is 18.7 Å². The number of pyridine rings is 1. The van der Waals surface area contributed by atoms with Gasteiger partial charge in [-0.05, 0) is 24.6 Å². The number of amides is 1. The average Bonchev–Trinajstić information content (AvgIpc) is 3.28. The Morgan fingerprint density at radius 2 is 2.12 bits per heavy atom. The van der Waals surface area contributed by atoms with Crippen molar-refractivity contribution < 1.29 is 9.32 Å². The number of carbonyl (C=O) groups excluding carboxylic acids is 1. The van der Waals surface area contributed by atoms with Crippen LogP contribution in [0.2, 0.25) is 0 Å². The normalized spacial score (nSPS) is 12.1. The predicted octanol–water partition coefficient (Wildman–Crippen LogP) is 2.54. The molecule has 3 aromatic rings. The highest BCUT2D eigenvalue weighted by Gasteiger charge is 2.23. The lowest BCUT2D eigenvalue weighted by atomic mass is 10.2. The molecule has 0 saturated carbocycles. The monoisotopic (exact) mass is 325 g/mol. The van der Waals surface area contributed by atoms with E-state index >= 15 is 0 Å². The van der Waals surface area contributed by atoms with Gasteiger partial charge in [0.2, 0.25) is 5.91 Å². The minimum atomic E-state index is -0.312. The smallest absolute Gasteiger partial charge is 0.247 e. The van der Waals surface area contributed by atoms with E-state index in [4.69, 9.17) is 4.52 Å². The molecule has 3 aromatic heterocycles. The Morgan fingerprint density at radius 1 is 1.33 bits per heavy atom. The Bertz CT molecular complexity index is 782. The van der Waals surface area contributed by atoms with Gasteiger partial charge in [0.1, 0.15) is 11.7 Å². The number of carbonyl (C=O) groups is 1. The molecule has 7 nitrogen and oxygen atoms in total. The highest BCUT2D eigenvalue weighted by Crippen LogP contribution is 2.20. The van der Waals surface area contributed by atoms with Gasteiger partial charge in [-0.25, -0.2) is 0 Å². The topological polar surface area (TPSA) is 77.0 Å². The lowest BCUT2D eigenvalue weighted by Crippen LogP contribution is -2.34. The Hall–Kier alpha value is -2.96. The molecule has 0 unspecified atom stereocenters. The Morgan fingerprint density at radius 3 is 2.79 bits per heavy atom. The molecular formula is C17H19N5O2. The summed E-state index contributed by atoms with van der Waals surface area (Å²) in [4.78, 5) is 18.3. The molecule has 0 aromatic carbocycles. The van der Waals surface area contributed by atoms with Crippen LogP contribution in [0.15, 0.2) is 53.6 Å². The van der Waals surface area contributed by atoms with Gasteiger partial charge in [-0.1, -0.05) is 12.1 Å². The molecule has 0 N–H and O–H groups in total. The molecule has 1 amide bonds. The molecule has 0 bridgehead atoms. The molecule has 0 aliphatic carbocycles. The lowest BCUT2D eigenvalue weighted by Gasteiger charge is -2.22. The fourth-order valence-electron chi connectivity index (χ4n) is 2.55. The second-order valence-corrected chi connectivity index (χ2v) is 5.52. The van der Waals surface area contributed by atoms with Crippen molar-refractivity contribution in [3.8, 4) is 11.3 Å². The van der Waals surface area contributed by atoms with E-state index < -0.39 is 0 Å². The van der Waals surface area contributed by atoms with Crippen LogP contribution in [0, 0.1) is 0 Å². The highest BCUT2D eigenvalue weighted by molar-refractivity contribution is 5.80. The zero-order valence-electron chi connectivity index (χ0n) is 13.7. The number of nitrogens with zero attached hydrogens (tertiary/aromatic N) is 5. The Kier molecular flexibility index (Phi) is 4.69. The molecule has 24 heavy (non-hydrogen) atoms. The summed E-state index contributed by atoms with van der Waals surface area (Å²) < 4.78 is 7.04. The zero-order valence-corrected chi connectivity index (χ0v) is 13.7. The van der Waals surface area contributed by atoms with Crippen LogP contribution >= 0.6 is 0 Å². The maximum absolute atomic E-state index is 12.6. The SMILES string of the molecule is CC[C@@H](C(=O)N(C)Cc1cc(-c2ccncc2)no1)n1cccn1. The van der Waals surface area contributed by atoms with Gasteiger partial charge >= 0.3 is 0 Å². The van der Waals surface area contributed by atoms with E-state index in [9.17, 15) is 4.79 Å². The summed E-state index contributed by atoms with van der Waals surface area (Å²) in [7, 11) is 1.75. The first-order valence-corrected chi connectivity index (χ1v) is 7.79. The molecule has 0 radical (unpaired) electrons. The van der Waals surface area contributed by atoms with E-state index in [1.54, 1.807) is 41.4 Å². The summed E-state index contributed by atoms with van der Waals surface area (Å²) >= 11 is 0. The Labute approximate surface area is 139 Å². The third kappa shape index (κ3) is 3.34. The van der Waals surface area contributed by atoms with Crippen molar-refractivity contribution in [3.05, 3.63) is 54.8 Å². The molecular weight excluding hydrogens is 306 g/mol. The molecule has 0 fully saturated rings. The van der Waals surface area contributed by atoms with Gasteiger partial charge in [0, 0.05) is 43.5 Å². The molecule has 0 spiro atoms. The van der Waals surface area contributed by atoms with Crippen LogP contribution in [0.3, 0.4) is 0 Å². The fourth-order valence-corrected chi connectivity index (χ4v) is 2.55. The molecule has 1 atom stereocenters. The van der Waals surface area contributed by atoms with Crippen molar-refractivity contribution in [2.24, 2.45) is 0 Å². The quantitative estimate of drug-likeness (QED) is 0.696. The Balaban J connectivity index is 1.69. The number of hydrogen-bond acceptors (Lipinski definition) is 5. The van der Waals surface area contributed by atoms with Gasteiger partial charge in [-0.3, -0.25) is 14.5 Å². The van der Waals surface area contributed by atoms with E-state index in [1.807, 2.05) is 31.2 Å². The van der Waals surface area contributed by atoms with Gasteiger partial charge in [0.15, 0.2) is 5.76 Å². The van der Waals surface area contributed by atoms with Gasteiger partial charge in [0.05, 0.1) is 6.54 Å². The minimum absolute atomic E-state index is 0.0111. The zero-order chi connectivity index (χ0) is 16.9. The van der Waals surface area contributed by atoms with Crippen molar-refractivity contribution in [2.75, 3.05) is 7.05 Å². The number of aromatic nitrogens is 4. The van der Waals surface area contributed by atoms with Gasteiger partial charge in [-0.2, -0.15) is 5.10 Å². The molecule has 7 heteroatoms. The van der Waals surface area contributed by atoms with E-state index in [-0.39, 0.29) is 11.9 Å². The predicted molar refractivity (Wildman–Crippen MR) is 87.8 cm³/mol. The summed E-state index contributed by atoms with van der Waals surface area (Å²) in [6.45, 7) is 2.32. The number of likely N-dealkylation sites (N-methyl/N-ethyl adjacent to an activating group) is 1. The van der Waals surface area contributed by atoms with Crippen molar-refractivity contribution in [1.82, 2.24) is 24.8 Å². The summed E-state index contributed by atoms with van der Waals surface area (Å²) in [5, 5.41) is 8.22. The third-order valence-corrected chi connectivity index (χ3v) is 3.82. The molecule has 124 valence electrons. The maximum atomic E-state index is 12.6. The van der Waals surface area contributed by atoms with E-state index in [2.05, 4.69) is 15.2 Å². The average molecular weight is 325 g/mol. The van der Waals surface area contributed by atoms with Crippen LogP contribution in [0.5, 0.6) is 0 Å². The first-order chi connectivity index (χ1) is 11.7. The van der Waals surface area contributed by atoms with Crippen LogP contribution < -0.4 is 0 Å². The second kappa shape index (κ2) is 7.08. The highest BCUT2D eigenvalue weighted by atomic mass is 16.5. The van der Waals surface area contributed by atoms with Crippen LogP contribution in [0.1, 0.15) is 25.1 Å². The number of hydrogen-bond donors (Lipinski definition) is 0. The summed E-state index contributed by atoms with van der Waals surface area (Å²) in [6.07, 6.45) is 7.55. The van der Waals surface area contributed by atoms with Gasteiger partial charge in [0.25, 0.3) is 0 Å². The first kappa shape index (κ1) is 15.9. The first-order valence-electron chi connectivity index (χ1n) is 7.79. The minimum Gasteiger partial charge on any atom is -0.359 e. The van der Waals surface area contributed by atoms with Crippen molar-refractivity contribution >= 4 is 5.91 Å². The van der Waals surface area contributed by atoms with Gasteiger partial charge in [-0.15, -0.1) is 0 Å². The van der Waals surface area contributed by atoms with Crippen LogP contribution in [0.4, 0.5) is 0 Å². The molecule has 0 aliphatic rings. The van der Waals surface area contributed by atoms with Crippen molar-refractivity contribution in [3.63, 3.8) is 0 Å². The van der Waals surface area contributed by atoms with Gasteiger partial charge < -0.3 is 9.42 Å². The van der Waals surface area contributed by atoms with E-state index in [1.165, 1.54) is 0 Å². The molecule has 0 saturated heterocycles. The second-order valence-electron chi connectivity index (χ2n) is 5.52. The van der Waals surface area contributed by atoms with Crippen LogP contribution in [-0.4, -0.2) is 37.8 Å².